The first kappa shape index (κ1) is 18.4. The van der Waals surface area contributed by atoms with E-state index in [4.69, 9.17) is 9.47 Å². The fraction of sp³-hybridized carbons (Fsp3) is 0.500. The third-order valence-corrected chi connectivity index (χ3v) is 3.97. The smallest absolute Gasteiger partial charge is 0.235 e. The second-order valence-electron chi connectivity index (χ2n) is 4.50. The maximum atomic E-state index is 11.9. The molecule has 8 heteroatoms. The number of hydrogen-bond donors (Lipinski definition) is 2. The molecule has 1 aromatic carbocycles. The quantitative estimate of drug-likeness (QED) is 0.601. The van der Waals surface area contributed by atoms with Gasteiger partial charge in [-0.05, 0) is 24.6 Å². The number of nitrogens with one attached hydrogen (secondary N) is 2. The molecular weight excluding hydrogens is 308 g/mol. The van der Waals surface area contributed by atoms with E-state index in [-0.39, 0.29) is 12.3 Å². The van der Waals surface area contributed by atoms with Gasteiger partial charge in [0.25, 0.3) is 0 Å². The highest BCUT2D eigenvalue weighted by Crippen LogP contribution is 2.13. The van der Waals surface area contributed by atoms with E-state index in [2.05, 4.69) is 10.0 Å². The van der Waals surface area contributed by atoms with Crippen molar-refractivity contribution < 1.29 is 22.7 Å². The Morgan fingerprint density at radius 3 is 2.50 bits per heavy atom. The highest BCUT2D eigenvalue weighted by molar-refractivity contribution is 7.88. The molecule has 124 valence electrons. The van der Waals surface area contributed by atoms with Gasteiger partial charge in [-0.2, -0.15) is 0 Å². The topological polar surface area (TPSA) is 93.7 Å². The van der Waals surface area contributed by atoms with E-state index in [1.54, 1.807) is 24.3 Å². The summed E-state index contributed by atoms with van der Waals surface area (Å²) >= 11 is 0. The molecule has 0 spiro atoms. The van der Waals surface area contributed by atoms with E-state index in [0.29, 0.717) is 31.1 Å². The minimum Gasteiger partial charge on any atom is -0.494 e. The molecule has 0 aliphatic carbocycles. The molecule has 1 amide bonds. The molecule has 0 fully saturated rings. The largest absolute Gasteiger partial charge is 0.494 e. The molecule has 0 bridgehead atoms. The zero-order valence-electron chi connectivity index (χ0n) is 12.8. The number of benzene rings is 1. The van der Waals surface area contributed by atoms with Gasteiger partial charge in [0, 0.05) is 13.7 Å². The lowest BCUT2D eigenvalue weighted by molar-refractivity contribution is -0.120. The van der Waals surface area contributed by atoms with Crippen molar-refractivity contribution in [3.63, 3.8) is 0 Å². The van der Waals surface area contributed by atoms with E-state index < -0.39 is 15.9 Å². The molecule has 1 rings (SSSR count). The van der Waals surface area contributed by atoms with Crippen LogP contribution in [0.4, 0.5) is 0 Å². The van der Waals surface area contributed by atoms with Crippen molar-refractivity contribution in [2.24, 2.45) is 0 Å². The predicted molar refractivity (Wildman–Crippen MR) is 83.1 cm³/mol. The summed E-state index contributed by atoms with van der Waals surface area (Å²) in [6, 6.07) is 6.80. The Bertz CT molecular complexity index is 557. The average molecular weight is 330 g/mol. The summed E-state index contributed by atoms with van der Waals surface area (Å²) in [6.07, 6.45) is 0. The van der Waals surface area contributed by atoms with Crippen molar-refractivity contribution in [3.05, 3.63) is 29.8 Å². The van der Waals surface area contributed by atoms with Crippen LogP contribution in [0.1, 0.15) is 12.5 Å². The number of methoxy groups -OCH3 is 1. The van der Waals surface area contributed by atoms with Gasteiger partial charge in [0.05, 0.1) is 25.5 Å². The fourth-order valence-electron chi connectivity index (χ4n) is 1.65. The molecule has 7 nitrogen and oxygen atoms in total. The van der Waals surface area contributed by atoms with Crippen LogP contribution in [0.3, 0.4) is 0 Å². The lowest BCUT2D eigenvalue weighted by Gasteiger charge is -2.08. The van der Waals surface area contributed by atoms with Gasteiger partial charge in [0.2, 0.25) is 15.9 Å². The van der Waals surface area contributed by atoms with E-state index in [1.807, 2.05) is 6.92 Å². The molecule has 1 aromatic rings. The van der Waals surface area contributed by atoms with Gasteiger partial charge in [-0.1, -0.05) is 12.1 Å². The van der Waals surface area contributed by atoms with E-state index in [9.17, 15) is 13.2 Å². The van der Waals surface area contributed by atoms with Crippen molar-refractivity contribution in [2.45, 2.75) is 12.7 Å². The predicted octanol–water partition coefficient (Wildman–Crippen LogP) is 0.267. The first-order valence-corrected chi connectivity index (χ1v) is 8.56. The standard InChI is InChI=1S/C14H22N2O5S/c1-3-21-13-6-4-12(5-7-13)11-22(18,19)16-10-14(17)15-8-9-20-2/h4-7,16H,3,8-11H2,1-2H3,(H,15,17). The van der Waals surface area contributed by atoms with Crippen LogP contribution in [0.25, 0.3) is 0 Å². The Hall–Kier alpha value is -1.64. The molecule has 0 aromatic heterocycles. The summed E-state index contributed by atoms with van der Waals surface area (Å²) in [5.74, 6) is 0.103. The van der Waals surface area contributed by atoms with Crippen molar-refractivity contribution in [1.82, 2.24) is 10.0 Å². The first-order chi connectivity index (χ1) is 10.5. The molecule has 0 aliphatic rings. The Labute approximate surface area is 131 Å². The molecular formula is C14H22N2O5S. The number of carbonyl (C=O) groups excluding carboxylic acids is 1. The maximum absolute atomic E-state index is 11.9. The Morgan fingerprint density at radius 2 is 1.91 bits per heavy atom. The minimum atomic E-state index is -3.57. The number of carbonyl (C=O) groups is 1. The number of hydrogen-bond acceptors (Lipinski definition) is 5. The third-order valence-electron chi connectivity index (χ3n) is 2.67. The lowest BCUT2D eigenvalue weighted by atomic mass is 10.2. The summed E-state index contributed by atoms with van der Waals surface area (Å²) < 4.78 is 36.1. The van der Waals surface area contributed by atoms with Crippen molar-refractivity contribution in [2.75, 3.05) is 33.4 Å². The van der Waals surface area contributed by atoms with Gasteiger partial charge >= 0.3 is 0 Å². The van der Waals surface area contributed by atoms with Crippen LogP contribution >= 0.6 is 0 Å². The molecule has 0 unspecified atom stereocenters. The van der Waals surface area contributed by atoms with E-state index >= 15 is 0 Å². The van der Waals surface area contributed by atoms with Crippen LogP contribution in [0.15, 0.2) is 24.3 Å². The van der Waals surface area contributed by atoms with Gasteiger partial charge in [0.15, 0.2) is 0 Å². The summed E-state index contributed by atoms with van der Waals surface area (Å²) in [6.45, 7) is 2.86. The number of amides is 1. The SMILES string of the molecule is CCOc1ccc(CS(=O)(=O)NCC(=O)NCCOC)cc1. The Kier molecular flexibility index (Phi) is 7.86. The summed E-state index contributed by atoms with van der Waals surface area (Å²) in [5.41, 5.74) is 0.621. The van der Waals surface area contributed by atoms with Gasteiger partial charge in [-0.15, -0.1) is 0 Å². The van der Waals surface area contributed by atoms with Gasteiger partial charge in [-0.25, -0.2) is 13.1 Å². The Morgan fingerprint density at radius 1 is 1.23 bits per heavy atom. The van der Waals surface area contributed by atoms with E-state index in [0.717, 1.165) is 0 Å². The summed E-state index contributed by atoms with van der Waals surface area (Å²) in [4.78, 5) is 11.4. The second-order valence-corrected chi connectivity index (χ2v) is 6.31. The monoisotopic (exact) mass is 330 g/mol. The zero-order valence-corrected chi connectivity index (χ0v) is 13.6. The molecule has 2 N–H and O–H groups in total. The number of rotatable bonds is 10. The zero-order chi connectivity index (χ0) is 16.4. The van der Waals surface area contributed by atoms with Gasteiger partial charge in [0.1, 0.15) is 5.75 Å². The fourth-order valence-corrected chi connectivity index (χ4v) is 2.73. The van der Waals surface area contributed by atoms with Crippen LogP contribution in [0.5, 0.6) is 5.75 Å². The molecule has 0 radical (unpaired) electrons. The van der Waals surface area contributed by atoms with Crippen molar-refractivity contribution in [1.29, 1.82) is 0 Å². The van der Waals surface area contributed by atoms with Crippen LogP contribution in [-0.4, -0.2) is 47.7 Å². The highest BCUT2D eigenvalue weighted by Gasteiger charge is 2.13. The van der Waals surface area contributed by atoms with Crippen molar-refractivity contribution >= 4 is 15.9 Å². The summed E-state index contributed by atoms with van der Waals surface area (Å²) in [7, 11) is -2.05. The summed E-state index contributed by atoms with van der Waals surface area (Å²) in [5, 5.41) is 2.53. The number of sulfonamides is 1. The average Bonchev–Trinajstić information content (AvgIpc) is 2.48. The van der Waals surface area contributed by atoms with Crippen LogP contribution < -0.4 is 14.8 Å². The van der Waals surface area contributed by atoms with Crippen LogP contribution in [-0.2, 0) is 25.3 Å². The lowest BCUT2D eigenvalue weighted by Crippen LogP contribution is -2.38. The third kappa shape index (κ3) is 7.39. The Balaban J connectivity index is 2.44. The molecule has 0 saturated heterocycles. The maximum Gasteiger partial charge on any atom is 0.235 e. The highest BCUT2D eigenvalue weighted by atomic mass is 32.2. The molecule has 0 atom stereocenters. The molecule has 0 heterocycles. The first-order valence-electron chi connectivity index (χ1n) is 6.91. The molecule has 0 saturated carbocycles. The van der Waals surface area contributed by atoms with Crippen LogP contribution in [0, 0.1) is 0 Å². The van der Waals surface area contributed by atoms with E-state index in [1.165, 1.54) is 7.11 Å². The number of ether oxygens (including phenoxy) is 2. The van der Waals surface area contributed by atoms with Crippen molar-refractivity contribution in [3.8, 4) is 5.75 Å². The van der Waals surface area contributed by atoms with Crippen LogP contribution in [0.2, 0.25) is 0 Å². The minimum absolute atomic E-state index is 0.190. The molecule has 22 heavy (non-hydrogen) atoms. The van der Waals surface area contributed by atoms with Gasteiger partial charge < -0.3 is 14.8 Å². The van der Waals surface area contributed by atoms with Gasteiger partial charge in [-0.3, -0.25) is 4.79 Å². The second kappa shape index (κ2) is 9.39. The molecule has 0 aliphatic heterocycles. The normalized spacial score (nSPS) is 11.2.